The van der Waals surface area contributed by atoms with E-state index in [9.17, 15) is 35.9 Å². The molecule has 0 bridgehead atoms. The van der Waals surface area contributed by atoms with Crippen molar-refractivity contribution in [2.75, 3.05) is 77.7 Å². The molecule has 0 unspecified atom stereocenters. The zero-order chi connectivity index (χ0) is 54.0. The minimum absolute atomic E-state index is 0.0495. The maximum absolute atomic E-state index is 13.9. The van der Waals surface area contributed by atoms with Crippen LogP contribution >= 0.6 is 0 Å². The second kappa shape index (κ2) is 22.4. The predicted octanol–water partition coefficient (Wildman–Crippen LogP) is 6.63. The van der Waals surface area contributed by atoms with Crippen molar-refractivity contribution in [2.45, 2.75) is 139 Å². The Bertz CT molecular complexity index is 2920. The second-order valence-corrected chi connectivity index (χ2v) is 26.6. The number of nitrogens with one attached hydrogen (secondary N) is 5. The molecule has 10 rings (SSSR count). The van der Waals surface area contributed by atoms with Gasteiger partial charge in [0.2, 0.25) is 26.0 Å². The Morgan fingerprint density at radius 3 is 1.47 bits per heavy atom. The number of aliphatic hydroxyl groups excluding tert-OH is 2. The zero-order valence-electron chi connectivity index (χ0n) is 44.1. The lowest BCUT2D eigenvalue weighted by Gasteiger charge is -2.34. The number of pyridine rings is 2. The zero-order valence-corrected chi connectivity index (χ0v) is 45.7. The molecule has 4 aliphatic heterocycles. The van der Waals surface area contributed by atoms with Gasteiger partial charge in [-0.25, -0.2) is 36.2 Å². The fourth-order valence-electron chi connectivity index (χ4n) is 10.0. The van der Waals surface area contributed by atoms with Crippen molar-refractivity contribution in [3.63, 3.8) is 0 Å². The third-order valence-corrected chi connectivity index (χ3v) is 18.1. The van der Waals surface area contributed by atoms with Gasteiger partial charge in [0, 0.05) is 68.3 Å². The fourth-order valence-corrected chi connectivity index (χ4v) is 12.9. The predicted molar refractivity (Wildman–Crippen MR) is 290 cm³/mol. The van der Waals surface area contributed by atoms with Gasteiger partial charge < -0.3 is 40.9 Å². The highest BCUT2D eigenvalue weighted by molar-refractivity contribution is 7.89. The normalized spacial score (nSPS) is 20.9. The lowest BCUT2D eigenvalue weighted by molar-refractivity contribution is 0.101. The van der Waals surface area contributed by atoms with Gasteiger partial charge in [-0.1, -0.05) is 12.1 Å². The van der Waals surface area contributed by atoms with E-state index in [1.165, 1.54) is 62.1 Å². The molecule has 2 aliphatic carbocycles. The van der Waals surface area contributed by atoms with Crippen LogP contribution in [0, 0.1) is 16.8 Å². The Kier molecular flexibility index (Phi) is 16.7. The molecular weight excluding hydrogens is 1000 g/mol. The van der Waals surface area contributed by atoms with Crippen LogP contribution in [-0.2, 0) is 20.0 Å². The highest BCUT2D eigenvalue weighted by Crippen LogP contribution is 2.55. The number of piperidine rings is 2. The Morgan fingerprint density at radius 2 is 1.08 bits per heavy atom. The van der Waals surface area contributed by atoms with E-state index in [1.54, 1.807) is 71.9 Å². The number of aromatic nitrogens is 2. The van der Waals surface area contributed by atoms with Gasteiger partial charge in [-0.3, -0.25) is 9.59 Å². The van der Waals surface area contributed by atoms with E-state index < -0.39 is 43.0 Å². The highest BCUT2D eigenvalue weighted by atomic mass is 32.2. The Labute approximate surface area is 441 Å². The molecule has 2 atom stereocenters. The molecule has 408 valence electrons. The first kappa shape index (κ1) is 55.9. The monoisotopic (exact) mass is 1070 g/mol. The van der Waals surface area contributed by atoms with Gasteiger partial charge in [-0.05, 0) is 184 Å². The standard InChI is InChI=1S/C27H37N5O4S.C23H29FN4O3S.C4H9NO/c1-26(2,3)30-37(35,36)21-6-4-5-19(17-21)28-25(34)22-7-8-23(32-14-9-20(33)18-32)29-24(22)31-15-12-27(10-11-27)13-16-31;1-22(2,3)27-32(30,31)17-6-4-5-16(15-17)25-21(29)18-7-8-19(24)26-20(18)28-13-11-23(9-10-23)12-14-28;6-4-1-2-5-3-4/h4-8,17,20,30,33H,9-16,18H2,1-3H3,(H,28,34);4-8,15,27H,9-14H2,1-3H3,(H,25,29);4-6H,1-3H2/t20-;;4-/m1.1/s1. The number of carbonyl (C=O) groups is 2. The average Bonchev–Trinajstić information content (AvgIpc) is 4.16. The summed E-state index contributed by atoms with van der Waals surface area (Å²) >= 11 is 0. The SMILES string of the molecule is CC(C)(C)NS(=O)(=O)c1cccc(NC(=O)c2ccc(F)nc2N2CCC3(CC2)CC3)c1.CC(C)(C)NS(=O)(=O)c1cccc(NC(=O)c2ccc(N3CC[C@@H](O)C3)nc2N2CCC3(CC2)CC3)c1.O[C@@H]1CCNC1. The molecule has 6 aliphatic rings. The van der Waals surface area contributed by atoms with Crippen molar-refractivity contribution in [3.8, 4) is 0 Å². The molecule has 6 heterocycles. The van der Waals surface area contributed by atoms with Gasteiger partial charge >= 0.3 is 0 Å². The van der Waals surface area contributed by atoms with Crippen LogP contribution in [0.3, 0.4) is 0 Å². The molecule has 75 heavy (non-hydrogen) atoms. The molecule has 2 saturated carbocycles. The molecule has 2 amide bonds. The molecular formula is C54H75FN10O8S2. The lowest BCUT2D eigenvalue weighted by atomic mass is 9.93. The van der Waals surface area contributed by atoms with Gasteiger partial charge in [0.1, 0.15) is 17.5 Å². The fraction of sp³-hybridized carbons (Fsp3) is 0.556. The third kappa shape index (κ3) is 15.0. The lowest BCUT2D eigenvalue weighted by Crippen LogP contribution is -2.40. The summed E-state index contributed by atoms with van der Waals surface area (Å²) in [4.78, 5) is 41.8. The summed E-state index contributed by atoms with van der Waals surface area (Å²) in [6.45, 7) is 16.8. The number of hydrogen-bond acceptors (Lipinski definition) is 14. The molecule has 2 aromatic heterocycles. The number of benzene rings is 2. The molecule has 18 nitrogen and oxygen atoms in total. The number of nitrogens with zero attached hydrogens (tertiary/aromatic N) is 5. The smallest absolute Gasteiger partial charge is 0.259 e. The Morgan fingerprint density at radius 1 is 0.613 bits per heavy atom. The first-order valence-corrected chi connectivity index (χ1v) is 29.2. The van der Waals surface area contributed by atoms with Gasteiger partial charge in [0.15, 0.2) is 0 Å². The molecule has 2 spiro atoms. The summed E-state index contributed by atoms with van der Waals surface area (Å²) in [5, 5.41) is 27.3. The molecule has 2 aromatic carbocycles. The van der Waals surface area contributed by atoms with E-state index >= 15 is 0 Å². The first-order chi connectivity index (χ1) is 35.3. The van der Waals surface area contributed by atoms with Gasteiger partial charge in [0.25, 0.3) is 11.8 Å². The van der Waals surface area contributed by atoms with Crippen LogP contribution < -0.4 is 40.1 Å². The average molecular weight is 1080 g/mol. The molecule has 21 heteroatoms. The van der Waals surface area contributed by atoms with E-state index in [0.29, 0.717) is 52.4 Å². The number of halogens is 1. The summed E-state index contributed by atoms with van der Waals surface area (Å²) < 4.78 is 70.0. The van der Waals surface area contributed by atoms with Crippen LogP contribution in [0.4, 0.5) is 33.2 Å². The van der Waals surface area contributed by atoms with Crippen molar-refractivity contribution in [2.24, 2.45) is 10.8 Å². The van der Waals surface area contributed by atoms with Crippen LogP contribution in [0.1, 0.15) is 126 Å². The van der Waals surface area contributed by atoms with Crippen molar-refractivity contribution in [1.29, 1.82) is 0 Å². The largest absolute Gasteiger partial charge is 0.392 e. The summed E-state index contributed by atoms with van der Waals surface area (Å²) in [6.07, 6.45) is 10.5. The second-order valence-electron chi connectivity index (χ2n) is 23.2. The van der Waals surface area contributed by atoms with Crippen LogP contribution in [0.15, 0.2) is 82.6 Å². The number of carbonyl (C=O) groups excluding carboxylic acids is 2. The minimum Gasteiger partial charge on any atom is -0.392 e. The Balaban J connectivity index is 0.000000180. The number of hydrogen-bond donors (Lipinski definition) is 7. The van der Waals surface area contributed by atoms with E-state index in [1.807, 2.05) is 11.0 Å². The topological polar surface area (TPSA) is 239 Å². The summed E-state index contributed by atoms with van der Waals surface area (Å²) in [5.74, 6) is 0.306. The van der Waals surface area contributed by atoms with E-state index in [4.69, 9.17) is 10.1 Å². The van der Waals surface area contributed by atoms with Gasteiger partial charge in [-0.2, -0.15) is 4.39 Å². The maximum Gasteiger partial charge on any atom is 0.259 e. The van der Waals surface area contributed by atoms with Gasteiger partial charge in [-0.15, -0.1) is 0 Å². The molecule has 6 fully saturated rings. The van der Waals surface area contributed by atoms with Crippen molar-refractivity contribution in [3.05, 3.63) is 89.9 Å². The third-order valence-electron chi connectivity index (χ3n) is 14.6. The minimum atomic E-state index is -3.75. The van der Waals surface area contributed by atoms with Crippen LogP contribution in [0.2, 0.25) is 0 Å². The highest BCUT2D eigenvalue weighted by Gasteiger charge is 2.46. The number of β-amino-alcohol motifs (C(OH)–C–C–N with tert-alkyl or cyclic N) is 2. The van der Waals surface area contributed by atoms with Crippen molar-refractivity contribution < 1.29 is 41.0 Å². The molecule has 7 N–H and O–H groups in total. The molecule has 0 radical (unpaired) electrons. The summed E-state index contributed by atoms with van der Waals surface area (Å²) in [7, 11) is -7.49. The van der Waals surface area contributed by atoms with Crippen LogP contribution in [0.5, 0.6) is 0 Å². The summed E-state index contributed by atoms with van der Waals surface area (Å²) in [6, 6.07) is 18.5. The van der Waals surface area contributed by atoms with Crippen LogP contribution in [0.25, 0.3) is 0 Å². The van der Waals surface area contributed by atoms with Crippen molar-refractivity contribution in [1.82, 2.24) is 24.7 Å². The van der Waals surface area contributed by atoms with E-state index in [0.717, 1.165) is 83.7 Å². The quantitative estimate of drug-likeness (QED) is 0.0781. The molecule has 4 aromatic rings. The van der Waals surface area contributed by atoms with E-state index in [-0.39, 0.29) is 33.5 Å². The Hall–Kier alpha value is -5.29. The maximum atomic E-state index is 13.9. The van der Waals surface area contributed by atoms with Crippen molar-refractivity contribution >= 4 is 60.7 Å². The molecule has 4 saturated heterocycles. The number of aliphatic hydroxyl groups is 2. The summed E-state index contributed by atoms with van der Waals surface area (Å²) in [5.41, 5.74) is 1.12. The van der Waals surface area contributed by atoms with E-state index in [2.05, 4.69) is 40.2 Å². The number of sulfonamides is 2. The number of amides is 2. The first-order valence-electron chi connectivity index (χ1n) is 26.2. The van der Waals surface area contributed by atoms with Gasteiger partial charge in [0.05, 0.1) is 33.1 Å². The number of rotatable bonds is 11. The number of anilines is 5. The van der Waals surface area contributed by atoms with Crippen LogP contribution in [-0.4, -0.2) is 124 Å².